The summed E-state index contributed by atoms with van der Waals surface area (Å²) in [6.07, 6.45) is 4.90. The van der Waals surface area contributed by atoms with E-state index in [1.165, 1.54) is 30.4 Å². The summed E-state index contributed by atoms with van der Waals surface area (Å²) in [6, 6.07) is 22.8. The molecule has 0 radical (unpaired) electrons. The highest BCUT2D eigenvalue weighted by atomic mass is 16.5. The first-order valence-electron chi connectivity index (χ1n) is 9.29. The third-order valence-corrected chi connectivity index (χ3v) is 4.77. The molecule has 132 valence electrons. The standard InChI is InChI=1S/C25H20O2/c26-25(27-24-8-2-1-3-9-24)22-16-12-19(13-17-22)10-11-20-14-15-21-6-4-5-7-23(21)18-20/h1-3,8-9,12-18H,4-7H2. The minimum atomic E-state index is -0.365. The number of fused-ring (bicyclic) bond motifs is 1. The van der Waals surface area contributed by atoms with Crippen LogP contribution in [0.1, 0.15) is 45.5 Å². The fourth-order valence-electron chi connectivity index (χ4n) is 3.30. The first-order chi connectivity index (χ1) is 13.3. The van der Waals surface area contributed by atoms with E-state index in [-0.39, 0.29) is 5.97 Å². The van der Waals surface area contributed by atoms with Crippen molar-refractivity contribution >= 4 is 5.97 Å². The zero-order valence-corrected chi connectivity index (χ0v) is 15.1. The fourth-order valence-corrected chi connectivity index (χ4v) is 3.30. The highest BCUT2D eigenvalue weighted by Gasteiger charge is 2.09. The number of hydrogen-bond donors (Lipinski definition) is 0. The maximum Gasteiger partial charge on any atom is 0.343 e. The molecule has 0 aromatic heterocycles. The molecule has 0 aliphatic heterocycles. The number of aryl methyl sites for hydroxylation is 2. The zero-order valence-electron chi connectivity index (χ0n) is 15.1. The van der Waals surface area contributed by atoms with Gasteiger partial charge in [-0.15, -0.1) is 0 Å². The second-order valence-electron chi connectivity index (χ2n) is 6.72. The molecule has 0 bridgehead atoms. The summed E-state index contributed by atoms with van der Waals surface area (Å²) in [7, 11) is 0. The van der Waals surface area contributed by atoms with Crippen LogP contribution in [0.4, 0.5) is 0 Å². The molecule has 4 rings (SSSR count). The zero-order chi connectivity index (χ0) is 18.5. The molecule has 0 atom stereocenters. The lowest BCUT2D eigenvalue weighted by atomic mass is 9.90. The smallest absolute Gasteiger partial charge is 0.343 e. The lowest BCUT2D eigenvalue weighted by Crippen LogP contribution is -2.08. The van der Waals surface area contributed by atoms with Gasteiger partial charge in [0.1, 0.15) is 5.75 Å². The Hall–Kier alpha value is -3.31. The molecule has 0 spiro atoms. The summed E-state index contributed by atoms with van der Waals surface area (Å²) in [5.41, 5.74) is 5.34. The van der Waals surface area contributed by atoms with Crippen LogP contribution in [-0.2, 0) is 12.8 Å². The number of hydrogen-bond acceptors (Lipinski definition) is 2. The summed E-state index contributed by atoms with van der Waals surface area (Å²) in [4.78, 5) is 12.2. The van der Waals surface area contributed by atoms with Gasteiger partial charge in [-0.1, -0.05) is 36.1 Å². The normalized spacial score (nSPS) is 12.4. The van der Waals surface area contributed by atoms with Crippen LogP contribution >= 0.6 is 0 Å². The second kappa shape index (κ2) is 7.93. The van der Waals surface area contributed by atoms with Gasteiger partial charge in [0, 0.05) is 11.1 Å². The van der Waals surface area contributed by atoms with Gasteiger partial charge in [-0.2, -0.15) is 0 Å². The van der Waals surface area contributed by atoms with Gasteiger partial charge in [0.25, 0.3) is 0 Å². The van der Waals surface area contributed by atoms with Crippen LogP contribution in [0.15, 0.2) is 72.8 Å². The highest BCUT2D eigenvalue weighted by molar-refractivity contribution is 5.91. The van der Waals surface area contributed by atoms with Crippen molar-refractivity contribution in [3.63, 3.8) is 0 Å². The average molecular weight is 352 g/mol. The van der Waals surface area contributed by atoms with E-state index in [1.54, 1.807) is 24.3 Å². The van der Waals surface area contributed by atoms with Crippen LogP contribution in [0.2, 0.25) is 0 Å². The fraction of sp³-hybridized carbons (Fsp3) is 0.160. The molecule has 0 amide bonds. The van der Waals surface area contributed by atoms with E-state index in [1.807, 2.05) is 30.3 Å². The summed E-state index contributed by atoms with van der Waals surface area (Å²) in [5, 5.41) is 0. The van der Waals surface area contributed by atoms with Gasteiger partial charge in [0.15, 0.2) is 0 Å². The molecule has 2 heteroatoms. The number of benzene rings is 3. The van der Waals surface area contributed by atoms with Gasteiger partial charge >= 0.3 is 5.97 Å². The Labute approximate surface area is 159 Å². The third-order valence-electron chi connectivity index (χ3n) is 4.77. The van der Waals surface area contributed by atoms with Gasteiger partial charge in [-0.3, -0.25) is 0 Å². The van der Waals surface area contributed by atoms with E-state index in [0.717, 1.165) is 17.5 Å². The molecule has 0 fully saturated rings. The molecule has 1 aliphatic rings. The van der Waals surface area contributed by atoms with Crippen LogP contribution < -0.4 is 4.74 Å². The molecule has 2 nitrogen and oxygen atoms in total. The average Bonchev–Trinajstić information content (AvgIpc) is 2.73. The predicted octanol–water partition coefficient (Wildman–Crippen LogP) is 5.18. The first kappa shape index (κ1) is 17.1. The number of para-hydroxylation sites is 1. The molecule has 0 N–H and O–H groups in total. The summed E-state index contributed by atoms with van der Waals surface area (Å²) in [5.74, 6) is 6.59. The molecule has 3 aromatic carbocycles. The summed E-state index contributed by atoms with van der Waals surface area (Å²) >= 11 is 0. The van der Waals surface area contributed by atoms with Crippen molar-refractivity contribution in [3.8, 4) is 17.6 Å². The van der Waals surface area contributed by atoms with Crippen LogP contribution in [0.25, 0.3) is 0 Å². The Morgan fingerprint density at radius 2 is 1.41 bits per heavy atom. The van der Waals surface area contributed by atoms with Gasteiger partial charge in [0.05, 0.1) is 5.56 Å². The van der Waals surface area contributed by atoms with Crippen LogP contribution in [0.5, 0.6) is 5.75 Å². The van der Waals surface area contributed by atoms with Crippen LogP contribution in [-0.4, -0.2) is 5.97 Å². The topological polar surface area (TPSA) is 26.3 Å². The van der Waals surface area contributed by atoms with Crippen molar-refractivity contribution in [2.24, 2.45) is 0 Å². The lowest BCUT2D eigenvalue weighted by Gasteiger charge is -2.15. The van der Waals surface area contributed by atoms with Crippen molar-refractivity contribution in [1.29, 1.82) is 0 Å². The Kier molecular flexibility index (Phi) is 5.03. The molecule has 0 heterocycles. The largest absolute Gasteiger partial charge is 0.423 e. The number of carbonyl (C=O) groups excluding carboxylic acids is 1. The molecule has 1 aliphatic carbocycles. The second-order valence-corrected chi connectivity index (χ2v) is 6.72. The monoisotopic (exact) mass is 352 g/mol. The maximum absolute atomic E-state index is 12.2. The van der Waals surface area contributed by atoms with Gasteiger partial charge in [-0.25, -0.2) is 4.79 Å². The van der Waals surface area contributed by atoms with Crippen molar-refractivity contribution in [2.45, 2.75) is 25.7 Å². The Morgan fingerprint density at radius 3 is 2.19 bits per heavy atom. The van der Waals surface area contributed by atoms with Gasteiger partial charge in [-0.05, 0) is 85.3 Å². The number of rotatable bonds is 2. The molecular weight excluding hydrogens is 332 g/mol. The Bertz CT molecular complexity index is 1010. The Morgan fingerprint density at radius 1 is 0.741 bits per heavy atom. The maximum atomic E-state index is 12.2. The summed E-state index contributed by atoms with van der Waals surface area (Å²) in [6.45, 7) is 0. The molecular formula is C25H20O2. The lowest BCUT2D eigenvalue weighted by molar-refractivity contribution is 0.0735. The molecule has 0 unspecified atom stereocenters. The van der Waals surface area contributed by atoms with Crippen molar-refractivity contribution in [2.75, 3.05) is 0 Å². The van der Waals surface area contributed by atoms with Crippen molar-refractivity contribution in [1.82, 2.24) is 0 Å². The summed E-state index contributed by atoms with van der Waals surface area (Å²) < 4.78 is 5.35. The number of ether oxygens (including phenoxy) is 1. The van der Waals surface area contributed by atoms with E-state index in [0.29, 0.717) is 11.3 Å². The number of carbonyl (C=O) groups is 1. The van der Waals surface area contributed by atoms with Gasteiger partial charge in [0.2, 0.25) is 0 Å². The third kappa shape index (κ3) is 4.27. The van der Waals surface area contributed by atoms with E-state index in [9.17, 15) is 4.79 Å². The van der Waals surface area contributed by atoms with E-state index >= 15 is 0 Å². The minimum Gasteiger partial charge on any atom is -0.423 e. The van der Waals surface area contributed by atoms with Crippen LogP contribution in [0.3, 0.4) is 0 Å². The van der Waals surface area contributed by atoms with Crippen LogP contribution in [0, 0.1) is 11.8 Å². The highest BCUT2D eigenvalue weighted by Crippen LogP contribution is 2.22. The van der Waals surface area contributed by atoms with Crippen molar-refractivity contribution < 1.29 is 9.53 Å². The molecule has 0 saturated carbocycles. The van der Waals surface area contributed by atoms with E-state index in [4.69, 9.17) is 4.74 Å². The quantitative estimate of drug-likeness (QED) is 0.361. The predicted molar refractivity (Wildman–Crippen MR) is 107 cm³/mol. The van der Waals surface area contributed by atoms with Crippen molar-refractivity contribution in [3.05, 3.63) is 101 Å². The molecule has 3 aromatic rings. The Balaban J connectivity index is 1.45. The van der Waals surface area contributed by atoms with E-state index < -0.39 is 0 Å². The SMILES string of the molecule is O=C(Oc1ccccc1)c1ccc(C#Cc2ccc3c(c2)CCCC3)cc1. The molecule has 0 saturated heterocycles. The van der Waals surface area contributed by atoms with Gasteiger partial charge < -0.3 is 4.74 Å². The first-order valence-corrected chi connectivity index (χ1v) is 9.29. The number of esters is 1. The molecule has 27 heavy (non-hydrogen) atoms. The van der Waals surface area contributed by atoms with E-state index in [2.05, 4.69) is 30.0 Å². The minimum absolute atomic E-state index is 0.365.